The summed E-state index contributed by atoms with van der Waals surface area (Å²) in [4.78, 5) is 25.6. The zero-order valence-corrected chi connectivity index (χ0v) is 8.28. The molecule has 2 fully saturated rings. The second-order valence-corrected chi connectivity index (χ2v) is 3.56. The first kappa shape index (κ1) is 10.1. The Kier molecular flexibility index (Phi) is 2.96. The van der Waals surface area contributed by atoms with Gasteiger partial charge < -0.3 is 4.74 Å². The summed E-state index contributed by atoms with van der Waals surface area (Å²) in [5, 5.41) is 4.68. The van der Waals surface area contributed by atoms with Gasteiger partial charge in [-0.05, 0) is 19.3 Å². The van der Waals surface area contributed by atoms with Crippen LogP contribution in [0.2, 0.25) is 0 Å². The molecule has 1 atom stereocenters. The Morgan fingerprint density at radius 2 is 2.07 bits per heavy atom. The van der Waals surface area contributed by atoms with Crippen molar-refractivity contribution in [1.82, 2.24) is 10.6 Å². The molecule has 2 N–H and O–H groups in total. The number of hydrogen-bond donors (Lipinski definition) is 2. The normalized spacial score (nSPS) is 25.3. The monoisotopic (exact) mass is 211 g/mol. The van der Waals surface area contributed by atoms with E-state index in [1.807, 2.05) is 0 Å². The smallest absolute Gasteiger partial charge is 0.316 e. The van der Waals surface area contributed by atoms with Gasteiger partial charge in [-0.15, -0.1) is 0 Å². The van der Waals surface area contributed by atoms with E-state index in [-0.39, 0.29) is 12.1 Å². The highest BCUT2D eigenvalue weighted by Gasteiger charge is 2.25. The van der Waals surface area contributed by atoms with Gasteiger partial charge in [0, 0.05) is 13.2 Å². The minimum atomic E-state index is -0.647. The zero-order valence-electron chi connectivity index (χ0n) is 8.28. The van der Waals surface area contributed by atoms with Gasteiger partial charge in [0.25, 0.3) is 0 Å². The Bertz CT molecular complexity index is 290. The van der Waals surface area contributed by atoms with Crippen molar-refractivity contribution in [2.75, 3.05) is 13.2 Å². The molecule has 0 aromatic carbocycles. The van der Waals surface area contributed by atoms with Gasteiger partial charge in [-0.1, -0.05) is 0 Å². The predicted octanol–water partition coefficient (Wildman–Crippen LogP) is -0.843. The predicted molar refractivity (Wildman–Crippen MR) is 52.2 cm³/mol. The first-order valence-corrected chi connectivity index (χ1v) is 5.04. The van der Waals surface area contributed by atoms with Crippen LogP contribution in [0.1, 0.15) is 19.3 Å². The summed E-state index contributed by atoms with van der Waals surface area (Å²) in [5.41, 5.74) is 0. The first-order valence-electron chi connectivity index (χ1n) is 5.04. The molecule has 2 saturated heterocycles. The number of amides is 2. The molecule has 82 valence electrons. The zero-order chi connectivity index (χ0) is 10.7. The van der Waals surface area contributed by atoms with Crippen molar-refractivity contribution in [2.45, 2.75) is 25.4 Å². The third-order valence-electron chi connectivity index (χ3n) is 2.42. The van der Waals surface area contributed by atoms with Gasteiger partial charge in [-0.3, -0.25) is 25.2 Å². The fourth-order valence-electron chi connectivity index (χ4n) is 1.63. The highest BCUT2D eigenvalue weighted by atomic mass is 16.5. The molecule has 15 heavy (non-hydrogen) atoms. The third-order valence-corrected chi connectivity index (χ3v) is 2.42. The lowest BCUT2D eigenvalue weighted by Gasteiger charge is -2.06. The molecule has 0 spiro atoms. The second-order valence-electron chi connectivity index (χ2n) is 3.56. The van der Waals surface area contributed by atoms with Crippen LogP contribution < -0.4 is 10.6 Å². The fourth-order valence-corrected chi connectivity index (χ4v) is 1.63. The molecular formula is C9H13N3O3. The van der Waals surface area contributed by atoms with Crippen LogP contribution in [0.3, 0.4) is 0 Å². The van der Waals surface area contributed by atoms with E-state index in [2.05, 4.69) is 15.6 Å². The minimum Gasteiger partial charge on any atom is -0.378 e. The Hall–Kier alpha value is -1.43. The lowest BCUT2D eigenvalue weighted by molar-refractivity contribution is -0.135. The average Bonchev–Trinajstić information content (AvgIpc) is 2.79. The summed E-state index contributed by atoms with van der Waals surface area (Å²) in [5.74, 6) is -1.04. The van der Waals surface area contributed by atoms with Crippen LogP contribution in [0.4, 0.5) is 0 Å². The highest BCUT2D eigenvalue weighted by molar-refractivity contribution is 6.45. The molecule has 2 rings (SSSR count). The Morgan fingerprint density at radius 1 is 1.33 bits per heavy atom. The van der Waals surface area contributed by atoms with Crippen LogP contribution in [0, 0.1) is 0 Å². The lowest BCUT2D eigenvalue weighted by atomic mass is 10.2. The van der Waals surface area contributed by atoms with Crippen LogP contribution in [-0.4, -0.2) is 37.0 Å². The van der Waals surface area contributed by atoms with E-state index in [1.54, 1.807) is 0 Å². The Labute approximate surface area is 87.1 Å². The summed E-state index contributed by atoms with van der Waals surface area (Å²) >= 11 is 0. The van der Waals surface area contributed by atoms with Crippen molar-refractivity contribution in [3.05, 3.63) is 0 Å². The van der Waals surface area contributed by atoms with Crippen molar-refractivity contribution >= 4 is 17.8 Å². The molecular weight excluding hydrogens is 198 g/mol. The van der Waals surface area contributed by atoms with Crippen molar-refractivity contribution in [1.29, 1.82) is 0 Å². The molecule has 2 amide bonds. The number of hydrogen-bond acceptors (Lipinski definition) is 4. The molecule has 0 aromatic rings. The maximum atomic E-state index is 10.8. The number of aliphatic imine (C=N–C) groups is 1. The quantitative estimate of drug-likeness (QED) is 0.597. The van der Waals surface area contributed by atoms with Crippen molar-refractivity contribution in [3.63, 3.8) is 0 Å². The van der Waals surface area contributed by atoms with E-state index < -0.39 is 11.8 Å². The van der Waals surface area contributed by atoms with E-state index in [1.165, 1.54) is 0 Å². The number of rotatable bonds is 3. The molecule has 2 aliphatic heterocycles. The standard InChI is InChI=1S/C9H13N3O3/c13-7-8(14)12-9(11-7)10-4-3-6-2-1-5-15-6/h6H,1-5H2,(H2,10,11,12,13,14). The van der Waals surface area contributed by atoms with Gasteiger partial charge in [0.15, 0.2) is 0 Å². The maximum absolute atomic E-state index is 10.8. The molecule has 0 bridgehead atoms. The average molecular weight is 211 g/mol. The van der Waals surface area contributed by atoms with E-state index >= 15 is 0 Å². The van der Waals surface area contributed by atoms with Crippen LogP contribution in [0.5, 0.6) is 0 Å². The summed E-state index contributed by atoms with van der Waals surface area (Å²) in [6.07, 6.45) is 3.29. The van der Waals surface area contributed by atoms with Crippen molar-refractivity contribution in [3.8, 4) is 0 Å². The molecule has 0 radical (unpaired) electrons. The van der Waals surface area contributed by atoms with Gasteiger partial charge in [0.1, 0.15) is 0 Å². The topological polar surface area (TPSA) is 79.8 Å². The number of nitrogens with one attached hydrogen (secondary N) is 2. The summed E-state index contributed by atoms with van der Waals surface area (Å²) < 4.78 is 5.42. The summed E-state index contributed by atoms with van der Waals surface area (Å²) in [6.45, 7) is 1.38. The molecule has 0 saturated carbocycles. The SMILES string of the molecule is O=C1NC(=NCCC2CCCO2)NC1=O. The summed E-state index contributed by atoms with van der Waals surface area (Å²) in [7, 11) is 0. The fraction of sp³-hybridized carbons (Fsp3) is 0.667. The molecule has 6 heteroatoms. The van der Waals surface area contributed by atoms with Gasteiger partial charge >= 0.3 is 11.8 Å². The van der Waals surface area contributed by atoms with E-state index in [0.29, 0.717) is 6.54 Å². The molecule has 2 aliphatic rings. The van der Waals surface area contributed by atoms with Crippen LogP contribution in [0.25, 0.3) is 0 Å². The Morgan fingerprint density at radius 3 is 2.67 bits per heavy atom. The summed E-state index contributed by atoms with van der Waals surface area (Å²) in [6, 6.07) is 0. The molecule has 2 heterocycles. The molecule has 0 aliphatic carbocycles. The minimum absolute atomic E-state index is 0.253. The second kappa shape index (κ2) is 4.39. The number of carbonyl (C=O) groups is 2. The van der Waals surface area contributed by atoms with Crippen molar-refractivity contribution < 1.29 is 14.3 Å². The third kappa shape index (κ3) is 2.53. The first-order chi connectivity index (χ1) is 7.25. The number of carbonyl (C=O) groups excluding carboxylic acids is 2. The number of nitrogens with zero attached hydrogens (tertiary/aromatic N) is 1. The largest absolute Gasteiger partial charge is 0.378 e. The van der Waals surface area contributed by atoms with E-state index in [4.69, 9.17) is 4.74 Å². The van der Waals surface area contributed by atoms with E-state index in [0.717, 1.165) is 25.9 Å². The Balaban J connectivity index is 1.74. The highest BCUT2D eigenvalue weighted by Crippen LogP contribution is 2.14. The maximum Gasteiger partial charge on any atom is 0.316 e. The van der Waals surface area contributed by atoms with Gasteiger partial charge in [0.05, 0.1) is 6.10 Å². The van der Waals surface area contributed by atoms with Gasteiger partial charge in [-0.2, -0.15) is 0 Å². The van der Waals surface area contributed by atoms with Crippen molar-refractivity contribution in [2.24, 2.45) is 4.99 Å². The van der Waals surface area contributed by atoms with Gasteiger partial charge in [0.2, 0.25) is 5.96 Å². The van der Waals surface area contributed by atoms with Crippen LogP contribution in [-0.2, 0) is 14.3 Å². The molecule has 0 aromatic heterocycles. The van der Waals surface area contributed by atoms with Crippen LogP contribution >= 0.6 is 0 Å². The molecule has 1 unspecified atom stereocenters. The molecule has 6 nitrogen and oxygen atoms in total. The van der Waals surface area contributed by atoms with Gasteiger partial charge in [-0.25, -0.2) is 0 Å². The number of ether oxygens (including phenoxy) is 1. The van der Waals surface area contributed by atoms with Crippen LogP contribution in [0.15, 0.2) is 4.99 Å². The lowest BCUT2D eigenvalue weighted by Crippen LogP contribution is -2.26. The number of guanidine groups is 1. The van der Waals surface area contributed by atoms with E-state index in [9.17, 15) is 9.59 Å².